The first-order valence-corrected chi connectivity index (χ1v) is 8.13. The van der Waals surface area contributed by atoms with Crippen LogP contribution in [0.25, 0.3) is 5.78 Å². The Morgan fingerprint density at radius 2 is 1.59 bits per heavy atom. The van der Waals surface area contributed by atoms with Crippen LogP contribution in [0.4, 0.5) is 0 Å². The number of ketones is 1. The molecule has 3 aromatic rings. The summed E-state index contributed by atoms with van der Waals surface area (Å²) in [4.78, 5) is 20.6. The maximum Gasteiger partial charge on any atom is 0.234 e. The lowest BCUT2D eigenvalue weighted by Gasteiger charge is -2.01. The first-order valence-electron chi connectivity index (χ1n) is 7.34. The van der Waals surface area contributed by atoms with E-state index in [-0.39, 0.29) is 5.78 Å². The van der Waals surface area contributed by atoms with Crippen LogP contribution in [0, 0.1) is 0 Å². The lowest BCUT2D eigenvalue weighted by molar-refractivity contribution is 0.103. The Morgan fingerprint density at radius 1 is 1.00 bits per heavy atom. The van der Waals surface area contributed by atoms with Crippen LogP contribution in [0.15, 0.2) is 53.4 Å². The molecule has 0 radical (unpaired) electrons. The van der Waals surface area contributed by atoms with Gasteiger partial charge in [-0.25, -0.2) is 9.97 Å². The lowest BCUT2D eigenvalue weighted by atomic mass is 10.1. The standard InChI is InChI=1S/C13H8BrN3O.2C2H6/c14-10-6-15-13-16-7-11(17(13)8-10)12(18)9-4-2-1-3-5-9;2*1-2/h1-8H;2*1-2H3. The average Bonchev–Trinajstić information content (AvgIpc) is 3.01. The molecule has 0 bridgehead atoms. The fraction of sp³-hybridized carbons (Fsp3) is 0.235. The molecule has 22 heavy (non-hydrogen) atoms. The van der Waals surface area contributed by atoms with Gasteiger partial charge < -0.3 is 0 Å². The van der Waals surface area contributed by atoms with Crippen molar-refractivity contribution < 1.29 is 4.79 Å². The second kappa shape index (κ2) is 9.10. The van der Waals surface area contributed by atoms with E-state index in [9.17, 15) is 4.79 Å². The molecule has 0 spiro atoms. The molecule has 0 saturated heterocycles. The second-order valence-electron chi connectivity index (χ2n) is 3.78. The van der Waals surface area contributed by atoms with Crippen molar-refractivity contribution in [2.24, 2.45) is 0 Å². The van der Waals surface area contributed by atoms with Gasteiger partial charge in [-0.1, -0.05) is 58.0 Å². The summed E-state index contributed by atoms with van der Waals surface area (Å²) in [5, 5.41) is 0. The van der Waals surface area contributed by atoms with Gasteiger partial charge in [0.15, 0.2) is 0 Å². The zero-order chi connectivity index (χ0) is 16.5. The summed E-state index contributed by atoms with van der Waals surface area (Å²) in [6.45, 7) is 8.00. The molecule has 5 heteroatoms. The number of halogens is 1. The SMILES string of the molecule is CC.CC.O=C(c1ccccc1)c1cnc2ncc(Br)cn12. The summed E-state index contributed by atoms with van der Waals surface area (Å²) in [7, 11) is 0. The minimum absolute atomic E-state index is 0.0667. The van der Waals surface area contributed by atoms with E-state index in [1.54, 1.807) is 35.1 Å². The Balaban J connectivity index is 0.000000561. The largest absolute Gasteiger partial charge is 0.287 e. The zero-order valence-electron chi connectivity index (χ0n) is 13.2. The summed E-state index contributed by atoms with van der Waals surface area (Å²) in [6, 6.07) is 9.12. The average molecular weight is 362 g/mol. The smallest absolute Gasteiger partial charge is 0.234 e. The second-order valence-corrected chi connectivity index (χ2v) is 4.70. The normalized spacial score (nSPS) is 9.32. The topological polar surface area (TPSA) is 47.3 Å². The Morgan fingerprint density at radius 3 is 2.23 bits per heavy atom. The van der Waals surface area contributed by atoms with E-state index in [2.05, 4.69) is 25.9 Å². The highest BCUT2D eigenvalue weighted by molar-refractivity contribution is 9.10. The van der Waals surface area contributed by atoms with E-state index in [4.69, 9.17) is 0 Å². The van der Waals surface area contributed by atoms with Crippen LogP contribution in [0.3, 0.4) is 0 Å². The summed E-state index contributed by atoms with van der Waals surface area (Å²) in [6.07, 6.45) is 4.98. The number of hydrogen-bond donors (Lipinski definition) is 0. The number of imidazole rings is 1. The van der Waals surface area contributed by atoms with Crippen LogP contribution in [-0.4, -0.2) is 20.2 Å². The minimum Gasteiger partial charge on any atom is -0.287 e. The van der Waals surface area contributed by atoms with E-state index in [1.807, 2.05) is 45.9 Å². The van der Waals surface area contributed by atoms with Crippen LogP contribution in [0.2, 0.25) is 0 Å². The van der Waals surface area contributed by atoms with Gasteiger partial charge in [0.05, 0.1) is 10.7 Å². The van der Waals surface area contributed by atoms with Gasteiger partial charge in [0.25, 0.3) is 0 Å². The van der Waals surface area contributed by atoms with Crippen molar-refractivity contribution in [3.63, 3.8) is 0 Å². The number of fused-ring (bicyclic) bond motifs is 1. The predicted molar refractivity (Wildman–Crippen MR) is 93.3 cm³/mol. The molecule has 3 rings (SSSR count). The van der Waals surface area contributed by atoms with E-state index >= 15 is 0 Å². The quantitative estimate of drug-likeness (QED) is 0.617. The molecule has 0 amide bonds. The molecule has 4 nitrogen and oxygen atoms in total. The number of carbonyl (C=O) groups is 1. The first-order chi connectivity index (χ1) is 10.8. The summed E-state index contributed by atoms with van der Waals surface area (Å²) < 4.78 is 2.48. The first kappa shape index (κ1) is 18.0. The predicted octanol–water partition coefficient (Wildman–Crippen LogP) is 4.78. The van der Waals surface area contributed by atoms with E-state index in [0.717, 1.165) is 4.47 Å². The third kappa shape index (κ3) is 4.01. The van der Waals surface area contributed by atoms with Gasteiger partial charge >= 0.3 is 0 Å². The van der Waals surface area contributed by atoms with Crippen molar-refractivity contribution in [2.45, 2.75) is 27.7 Å². The number of rotatable bonds is 2. The maximum absolute atomic E-state index is 12.3. The third-order valence-corrected chi connectivity index (χ3v) is 3.01. The van der Waals surface area contributed by atoms with E-state index in [1.165, 1.54) is 0 Å². The Hall–Kier alpha value is -2.01. The van der Waals surface area contributed by atoms with Crippen molar-refractivity contribution in [3.8, 4) is 0 Å². The molecule has 2 aromatic heterocycles. The van der Waals surface area contributed by atoms with Crippen LogP contribution in [0.5, 0.6) is 0 Å². The van der Waals surface area contributed by atoms with E-state index in [0.29, 0.717) is 17.0 Å². The van der Waals surface area contributed by atoms with Crippen molar-refractivity contribution in [3.05, 3.63) is 64.7 Å². The molecular weight excluding hydrogens is 342 g/mol. The molecule has 2 heterocycles. The number of benzene rings is 1. The van der Waals surface area contributed by atoms with Gasteiger partial charge in [-0.3, -0.25) is 9.20 Å². The van der Waals surface area contributed by atoms with Gasteiger partial charge in [0.2, 0.25) is 11.6 Å². The van der Waals surface area contributed by atoms with Crippen molar-refractivity contribution in [2.75, 3.05) is 0 Å². The fourth-order valence-electron chi connectivity index (χ4n) is 1.76. The van der Waals surface area contributed by atoms with Crippen molar-refractivity contribution in [1.29, 1.82) is 0 Å². The molecule has 0 aliphatic heterocycles. The van der Waals surface area contributed by atoms with Crippen LogP contribution in [0.1, 0.15) is 43.7 Å². The molecule has 0 saturated carbocycles. The molecule has 116 valence electrons. The number of carbonyl (C=O) groups excluding carboxylic acids is 1. The van der Waals surface area contributed by atoms with E-state index < -0.39 is 0 Å². The Labute approximate surface area is 139 Å². The van der Waals surface area contributed by atoms with Gasteiger partial charge in [-0.15, -0.1) is 0 Å². The molecule has 0 N–H and O–H groups in total. The summed E-state index contributed by atoms with van der Waals surface area (Å²) >= 11 is 3.33. The third-order valence-electron chi connectivity index (χ3n) is 2.60. The van der Waals surface area contributed by atoms with Gasteiger partial charge in [0, 0.05) is 18.0 Å². The molecule has 0 aliphatic rings. The molecule has 0 fully saturated rings. The summed E-state index contributed by atoms with van der Waals surface area (Å²) in [5.74, 6) is 0.445. The van der Waals surface area contributed by atoms with Gasteiger partial charge in [-0.05, 0) is 15.9 Å². The number of nitrogens with zero attached hydrogens (tertiary/aromatic N) is 3. The zero-order valence-corrected chi connectivity index (χ0v) is 14.8. The highest BCUT2D eigenvalue weighted by Gasteiger charge is 2.14. The fourth-order valence-corrected chi connectivity index (χ4v) is 2.06. The van der Waals surface area contributed by atoms with Gasteiger partial charge in [-0.2, -0.15) is 0 Å². The highest BCUT2D eigenvalue weighted by Crippen LogP contribution is 2.14. The monoisotopic (exact) mass is 361 g/mol. The molecular formula is C17H20BrN3O. The van der Waals surface area contributed by atoms with Gasteiger partial charge in [0.1, 0.15) is 5.69 Å². The molecule has 0 atom stereocenters. The molecule has 0 unspecified atom stereocenters. The van der Waals surface area contributed by atoms with Crippen LogP contribution in [-0.2, 0) is 0 Å². The maximum atomic E-state index is 12.3. The Bertz CT molecular complexity index is 723. The van der Waals surface area contributed by atoms with Crippen molar-refractivity contribution >= 4 is 27.5 Å². The van der Waals surface area contributed by atoms with Crippen LogP contribution >= 0.6 is 15.9 Å². The highest BCUT2D eigenvalue weighted by atomic mass is 79.9. The lowest BCUT2D eigenvalue weighted by Crippen LogP contribution is -2.05. The minimum atomic E-state index is -0.0667. The number of aromatic nitrogens is 3. The molecule has 0 aliphatic carbocycles. The summed E-state index contributed by atoms with van der Waals surface area (Å²) in [5.41, 5.74) is 1.14. The van der Waals surface area contributed by atoms with Crippen molar-refractivity contribution in [1.82, 2.24) is 14.4 Å². The molecule has 1 aromatic carbocycles. The number of hydrogen-bond acceptors (Lipinski definition) is 3. The van der Waals surface area contributed by atoms with Crippen LogP contribution < -0.4 is 0 Å². The Kier molecular flexibility index (Phi) is 7.46.